The molecule has 1 aliphatic heterocycles. The van der Waals surface area contributed by atoms with Gasteiger partial charge in [-0.2, -0.15) is 0 Å². The zero-order valence-corrected chi connectivity index (χ0v) is 10.2. The second-order valence-electron chi connectivity index (χ2n) is 4.08. The van der Waals surface area contributed by atoms with E-state index < -0.39 is 0 Å². The highest BCUT2D eigenvalue weighted by Gasteiger charge is 2.42. The van der Waals surface area contributed by atoms with Crippen LogP contribution in [0.25, 0.3) is 0 Å². The zero-order chi connectivity index (χ0) is 10.2. The summed E-state index contributed by atoms with van der Waals surface area (Å²) < 4.78 is 2.06. The van der Waals surface area contributed by atoms with Crippen molar-refractivity contribution in [2.45, 2.75) is 25.7 Å². The first-order valence-electron chi connectivity index (χ1n) is 5.10. The van der Waals surface area contributed by atoms with E-state index in [9.17, 15) is 0 Å². The molecule has 0 aromatic rings. The number of hydrogen-bond acceptors (Lipinski definition) is 2. The number of likely N-dealkylation sites (N-methyl/N-ethyl adjacent to an activating group) is 1. The average molecular weight is 226 g/mol. The molecule has 2 aliphatic rings. The summed E-state index contributed by atoms with van der Waals surface area (Å²) in [5, 5.41) is 0. The molecule has 0 amide bonds. The van der Waals surface area contributed by atoms with E-state index in [1.165, 1.54) is 31.3 Å². The summed E-state index contributed by atoms with van der Waals surface area (Å²) in [4.78, 5) is 0. The normalized spacial score (nSPS) is 31.9. The molecule has 0 saturated carbocycles. The summed E-state index contributed by atoms with van der Waals surface area (Å²) in [5.41, 5.74) is 3.03. The van der Waals surface area contributed by atoms with E-state index in [0.29, 0.717) is 0 Å². The van der Waals surface area contributed by atoms with E-state index in [1.807, 2.05) is 18.0 Å². The Labute approximate surface area is 95.6 Å². The third-order valence-electron chi connectivity index (χ3n) is 3.02. The highest BCUT2D eigenvalue weighted by molar-refractivity contribution is 8.20. The lowest BCUT2D eigenvalue weighted by Gasteiger charge is -2.28. The van der Waals surface area contributed by atoms with E-state index in [4.69, 9.17) is 12.2 Å². The maximum absolute atomic E-state index is 5.44. The summed E-state index contributed by atoms with van der Waals surface area (Å²) in [5.74, 6) is 0. The molecule has 0 radical (unpaired) electrons. The number of rotatable bonds is 2. The summed E-state index contributed by atoms with van der Waals surface area (Å²) in [6, 6.07) is 0. The van der Waals surface area contributed by atoms with Gasteiger partial charge in [0.1, 0.15) is 28.4 Å². The second kappa shape index (κ2) is 3.80. The van der Waals surface area contributed by atoms with Gasteiger partial charge in [0.15, 0.2) is 0 Å². The molecule has 0 spiro atoms. The Hall–Kier alpha value is -0.120. The Morgan fingerprint density at radius 1 is 1.50 bits per heavy atom. The fraction of sp³-hybridized carbons (Fsp3) is 0.545. The molecule has 14 heavy (non-hydrogen) atoms. The van der Waals surface area contributed by atoms with Crippen LogP contribution in [0.5, 0.6) is 0 Å². The third kappa shape index (κ3) is 1.58. The molecule has 1 nitrogen and oxygen atoms in total. The molecule has 76 valence electrons. The van der Waals surface area contributed by atoms with Crippen molar-refractivity contribution in [1.82, 2.24) is 0 Å². The molecule has 0 bridgehead atoms. The molecule has 0 aromatic heterocycles. The van der Waals surface area contributed by atoms with Gasteiger partial charge in [0.05, 0.1) is 7.05 Å². The number of nitrogens with zero attached hydrogens (tertiary/aromatic N) is 1. The van der Waals surface area contributed by atoms with Crippen molar-refractivity contribution in [3.8, 4) is 0 Å². The summed E-state index contributed by atoms with van der Waals surface area (Å²) in [6.45, 7) is 4.83. The van der Waals surface area contributed by atoms with E-state index in [0.717, 1.165) is 14.6 Å². The fourth-order valence-corrected chi connectivity index (χ4v) is 4.22. The predicted octanol–water partition coefficient (Wildman–Crippen LogP) is 3.44. The monoisotopic (exact) mass is 226 g/mol. The van der Waals surface area contributed by atoms with Crippen LogP contribution in [-0.4, -0.2) is 21.7 Å². The van der Waals surface area contributed by atoms with E-state index in [2.05, 4.69) is 13.6 Å². The zero-order valence-electron chi connectivity index (χ0n) is 8.58. The van der Waals surface area contributed by atoms with Crippen LogP contribution in [0.3, 0.4) is 0 Å². The van der Waals surface area contributed by atoms with Gasteiger partial charge in [0.25, 0.3) is 0 Å². The van der Waals surface area contributed by atoms with Crippen molar-refractivity contribution in [1.29, 1.82) is 0 Å². The van der Waals surface area contributed by atoms with Crippen molar-refractivity contribution in [3.05, 3.63) is 23.9 Å². The Morgan fingerprint density at radius 3 is 2.93 bits per heavy atom. The van der Waals surface area contributed by atoms with Crippen molar-refractivity contribution in [2.75, 3.05) is 13.6 Å². The quantitative estimate of drug-likeness (QED) is 0.306. The fourth-order valence-electron chi connectivity index (χ4n) is 2.32. The van der Waals surface area contributed by atoms with Crippen LogP contribution >= 0.6 is 24.2 Å². The Bertz CT molecular complexity index is 319. The molecular formula is C11H16NS2+. The van der Waals surface area contributed by atoms with Crippen LogP contribution in [0.15, 0.2) is 23.9 Å². The van der Waals surface area contributed by atoms with Gasteiger partial charge < -0.3 is 0 Å². The van der Waals surface area contributed by atoms with Gasteiger partial charge in [0.2, 0.25) is 0 Å². The standard InChI is InChI=1S/C11H16NS2/c1-3-8-12(2)10-7-5-4-6-9(10)11(13)14-12/h3H,1,4-8H2,2H3/q+1. The van der Waals surface area contributed by atoms with Crippen molar-refractivity contribution >= 4 is 28.4 Å². The van der Waals surface area contributed by atoms with Crippen LogP contribution in [0.2, 0.25) is 0 Å². The van der Waals surface area contributed by atoms with Gasteiger partial charge in [-0.1, -0.05) is 18.8 Å². The number of thiocarbonyl (C=S) groups is 1. The summed E-state index contributed by atoms with van der Waals surface area (Å²) in [6.07, 6.45) is 7.07. The molecule has 0 N–H and O–H groups in total. The first kappa shape index (κ1) is 10.4. The van der Waals surface area contributed by atoms with Crippen LogP contribution in [0, 0.1) is 0 Å². The molecule has 1 aliphatic carbocycles. The van der Waals surface area contributed by atoms with E-state index in [1.54, 1.807) is 5.70 Å². The van der Waals surface area contributed by atoms with Crippen LogP contribution in [0.1, 0.15) is 25.7 Å². The molecular weight excluding hydrogens is 210 g/mol. The first-order valence-corrected chi connectivity index (χ1v) is 6.28. The van der Waals surface area contributed by atoms with Crippen molar-refractivity contribution in [2.24, 2.45) is 0 Å². The van der Waals surface area contributed by atoms with Gasteiger partial charge >= 0.3 is 0 Å². The molecule has 1 atom stereocenters. The van der Waals surface area contributed by atoms with E-state index in [-0.39, 0.29) is 0 Å². The second-order valence-corrected chi connectivity index (χ2v) is 6.15. The predicted molar refractivity (Wildman–Crippen MR) is 66.9 cm³/mol. The maximum atomic E-state index is 5.44. The van der Waals surface area contributed by atoms with Gasteiger partial charge in [-0.05, 0) is 25.3 Å². The Balaban J connectivity index is 2.35. The topological polar surface area (TPSA) is 0 Å². The summed E-state index contributed by atoms with van der Waals surface area (Å²) >= 11 is 7.26. The maximum Gasteiger partial charge on any atom is 0.138 e. The van der Waals surface area contributed by atoms with E-state index >= 15 is 0 Å². The lowest BCUT2D eigenvalue weighted by atomic mass is 9.97. The van der Waals surface area contributed by atoms with Gasteiger partial charge in [-0.15, -0.1) is 0 Å². The molecule has 1 heterocycles. The molecule has 3 heteroatoms. The number of hydrogen-bond donors (Lipinski definition) is 0. The average Bonchev–Trinajstić information content (AvgIpc) is 2.41. The lowest BCUT2D eigenvalue weighted by Crippen LogP contribution is -2.33. The van der Waals surface area contributed by atoms with Crippen LogP contribution in [-0.2, 0) is 0 Å². The molecule has 0 saturated heterocycles. The van der Waals surface area contributed by atoms with Gasteiger partial charge in [-0.3, -0.25) is 0 Å². The Morgan fingerprint density at radius 2 is 2.21 bits per heavy atom. The summed E-state index contributed by atoms with van der Waals surface area (Å²) in [7, 11) is 2.26. The molecule has 2 rings (SSSR count). The van der Waals surface area contributed by atoms with Crippen LogP contribution in [0.4, 0.5) is 0 Å². The minimum absolute atomic E-state index is 0.928. The smallest absolute Gasteiger partial charge is 0.138 e. The first-order chi connectivity index (χ1) is 6.67. The highest BCUT2D eigenvalue weighted by atomic mass is 32.2. The highest BCUT2D eigenvalue weighted by Crippen LogP contribution is 2.46. The number of allylic oxidation sites excluding steroid dienone is 1. The van der Waals surface area contributed by atoms with Gasteiger partial charge in [-0.25, -0.2) is 3.89 Å². The largest absolute Gasteiger partial charge is 0.227 e. The SMILES string of the molecule is C=CC[N+]1(C)SC(=S)C2=C1CCCC2. The van der Waals surface area contributed by atoms with Crippen LogP contribution < -0.4 is 0 Å². The van der Waals surface area contributed by atoms with Crippen molar-refractivity contribution < 1.29 is 3.89 Å². The van der Waals surface area contributed by atoms with Crippen molar-refractivity contribution in [3.63, 3.8) is 0 Å². The third-order valence-corrected chi connectivity index (χ3v) is 4.67. The molecule has 0 fully saturated rings. The molecule has 1 unspecified atom stereocenters. The minimum atomic E-state index is 0.928. The minimum Gasteiger partial charge on any atom is -0.227 e. The molecule has 0 aromatic carbocycles. The number of quaternary nitrogens is 1. The van der Waals surface area contributed by atoms with Gasteiger partial charge in [0, 0.05) is 12.0 Å². The lowest BCUT2D eigenvalue weighted by molar-refractivity contribution is -0.723. The Kier molecular flexibility index (Phi) is 2.82.